The third kappa shape index (κ3) is 2.19. The van der Waals surface area contributed by atoms with Gasteiger partial charge in [0.25, 0.3) is 0 Å². The summed E-state index contributed by atoms with van der Waals surface area (Å²) in [5.41, 5.74) is 2.62. The maximum Gasteiger partial charge on any atom is 0.0615 e. The number of hydrogen-bond donors (Lipinski definition) is 1. The van der Waals surface area contributed by atoms with Crippen LogP contribution in [-0.4, -0.2) is 11.7 Å². The second-order valence-electron chi connectivity index (χ2n) is 3.53. The van der Waals surface area contributed by atoms with E-state index in [0.717, 1.165) is 5.92 Å². The van der Waals surface area contributed by atoms with Gasteiger partial charge >= 0.3 is 0 Å². The highest BCUT2D eigenvalue weighted by Crippen LogP contribution is 2.39. The molecule has 13 heavy (non-hydrogen) atoms. The molecular weight excluding hydrogens is 160 g/mol. The van der Waals surface area contributed by atoms with Crippen molar-refractivity contribution in [3.63, 3.8) is 0 Å². The number of aliphatic hydroxyl groups is 1. The standard InChI is InChI=1S/C12H14O/c13-9-1-2-10-3-5-11(6-4-10)12-7-8-12/h1-6,12-13H,7-9H2. The van der Waals surface area contributed by atoms with Crippen LogP contribution in [0.15, 0.2) is 30.3 Å². The van der Waals surface area contributed by atoms with Crippen LogP contribution >= 0.6 is 0 Å². The Hall–Kier alpha value is -1.08. The van der Waals surface area contributed by atoms with Crippen LogP contribution in [0.25, 0.3) is 6.08 Å². The van der Waals surface area contributed by atoms with Crippen molar-refractivity contribution >= 4 is 6.08 Å². The fraction of sp³-hybridized carbons (Fsp3) is 0.333. The van der Waals surface area contributed by atoms with E-state index in [9.17, 15) is 0 Å². The molecule has 1 fully saturated rings. The highest BCUT2D eigenvalue weighted by Gasteiger charge is 2.22. The van der Waals surface area contributed by atoms with Gasteiger partial charge in [0.2, 0.25) is 0 Å². The number of hydrogen-bond acceptors (Lipinski definition) is 1. The maximum absolute atomic E-state index is 8.59. The first kappa shape index (κ1) is 8.52. The first-order valence-corrected chi connectivity index (χ1v) is 4.77. The Labute approximate surface area is 78.7 Å². The largest absolute Gasteiger partial charge is 0.392 e. The molecule has 1 saturated carbocycles. The van der Waals surface area contributed by atoms with Gasteiger partial charge in [-0.3, -0.25) is 0 Å². The Balaban J connectivity index is 2.08. The third-order valence-electron chi connectivity index (χ3n) is 2.40. The molecule has 1 aromatic rings. The quantitative estimate of drug-likeness (QED) is 0.746. The van der Waals surface area contributed by atoms with Gasteiger partial charge in [0.15, 0.2) is 0 Å². The van der Waals surface area contributed by atoms with Crippen molar-refractivity contribution in [2.24, 2.45) is 0 Å². The van der Waals surface area contributed by atoms with Crippen molar-refractivity contribution in [1.29, 1.82) is 0 Å². The summed E-state index contributed by atoms with van der Waals surface area (Å²) in [6.07, 6.45) is 6.40. The molecule has 1 aliphatic rings. The summed E-state index contributed by atoms with van der Waals surface area (Å²) in [4.78, 5) is 0. The Morgan fingerprint density at radius 1 is 1.23 bits per heavy atom. The smallest absolute Gasteiger partial charge is 0.0615 e. The summed E-state index contributed by atoms with van der Waals surface area (Å²) >= 11 is 0. The van der Waals surface area contributed by atoms with Crippen LogP contribution in [0, 0.1) is 0 Å². The third-order valence-corrected chi connectivity index (χ3v) is 2.40. The molecule has 0 spiro atoms. The fourth-order valence-electron chi connectivity index (χ4n) is 1.48. The monoisotopic (exact) mass is 174 g/mol. The average Bonchev–Trinajstić information content (AvgIpc) is 2.99. The predicted octanol–water partition coefficient (Wildman–Crippen LogP) is 2.57. The zero-order valence-electron chi connectivity index (χ0n) is 7.61. The molecule has 1 nitrogen and oxygen atoms in total. The molecule has 0 atom stereocenters. The van der Waals surface area contributed by atoms with E-state index < -0.39 is 0 Å². The van der Waals surface area contributed by atoms with Gasteiger partial charge in [-0.1, -0.05) is 36.4 Å². The van der Waals surface area contributed by atoms with E-state index in [1.807, 2.05) is 6.08 Å². The maximum atomic E-state index is 8.59. The summed E-state index contributed by atoms with van der Waals surface area (Å²) in [5, 5.41) is 8.59. The second-order valence-corrected chi connectivity index (χ2v) is 3.53. The van der Waals surface area contributed by atoms with Crippen LogP contribution in [0.2, 0.25) is 0 Å². The summed E-state index contributed by atoms with van der Waals surface area (Å²) in [6.45, 7) is 0.115. The Bertz CT molecular complexity index is 293. The SMILES string of the molecule is OCC=Cc1ccc(C2CC2)cc1. The van der Waals surface area contributed by atoms with E-state index in [2.05, 4.69) is 24.3 Å². The minimum absolute atomic E-state index is 0.115. The van der Waals surface area contributed by atoms with E-state index in [1.165, 1.54) is 24.0 Å². The number of benzene rings is 1. The lowest BCUT2D eigenvalue weighted by Crippen LogP contribution is -1.79. The van der Waals surface area contributed by atoms with Gasteiger partial charge in [-0.15, -0.1) is 0 Å². The van der Waals surface area contributed by atoms with Crippen molar-refractivity contribution in [3.05, 3.63) is 41.5 Å². The highest BCUT2D eigenvalue weighted by molar-refractivity contribution is 5.50. The van der Waals surface area contributed by atoms with Crippen molar-refractivity contribution in [1.82, 2.24) is 0 Å². The van der Waals surface area contributed by atoms with E-state index >= 15 is 0 Å². The van der Waals surface area contributed by atoms with Crippen LogP contribution in [0.4, 0.5) is 0 Å². The molecule has 1 aromatic carbocycles. The van der Waals surface area contributed by atoms with Crippen molar-refractivity contribution in [3.8, 4) is 0 Å². The fourth-order valence-corrected chi connectivity index (χ4v) is 1.48. The topological polar surface area (TPSA) is 20.2 Å². The molecule has 1 aliphatic carbocycles. The van der Waals surface area contributed by atoms with Gasteiger partial charge in [-0.05, 0) is 29.9 Å². The molecule has 0 unspecified atom stereocenters. The van der Waals surface area contributed by atoms with Crippen LogP contribution in [0.5, 0.6) is 0 Å². The lowest BCUT2D eigenvalue weighted by atomic mass is 10.1. The van der Waals surface area contributed by atoms with Crippen molar-refractivity contribution in [2.45, 2.75) is 18.8 Å². The Morgan fingerprint density at radius 2 is 1.92 bits per heavy atom. The van der Waals surface area contributed by atoms with E-state index in [1.54, 1.807) is 6.08 Å². The second kappa shape index (κ2) is 3.75. The zero-order chi connectivity index (χ0) is 9.10. The van der Waals surface area contributed by atoms with Crippen LogP contribution in [0.3, 0.4) is 0 Å². The summed E-state index contributed by atoms with van der Waals surface area (Å²) < 4.78 is 0. The molecule has 1 heteroatoms. The van der Waals surface area contributed by atoms with Gasteiger partial charge in [0.05, 0.1) is 6.61 Å². The molecule has 2 rings (SSSR count). The lowest BCUT2D eigenvalue weighted by molar-refractivity contribution is 0.343. The van der Waals surface area contributed by atoms with Crippen LogP contribution in [0.1, 0.15) is 29.9 Å². The molecule has 1 N–H and O–H groups in total. The van der Waals surface area contributed by atoms with E-state index in [0.29, 0.717) is 0 Å². The number of aliphatic hydroxyl groups excluding tert-OH is 1. The van der Waals surface area contributed by atoms with Crippen LogP contribution < -0.4 is 0 Å². The summed E-state index contributed by atoms with van der Waals surface area (Å²) in [7, 11) is 0. The minimum atomic E-state index is 0.115. The summed E-state index contributed by atoms with van der Waals surface area (Å²) in [5.74, 6) is 0.830. The first-order valence-electron chi connectivity index (χ1n) is 4.77. The Morgan fingerprint density at radius 3 is 2.46 bits per heavy atom. The van der Waals surface area contributed by atoms with Crippen molar-refractivity contribution in [2.75, 3.05) is 6.61 Å². The molecule has 0 amide bonds. The molecule has 0 aromatic heterocycles. The lowest BCUT2D eigenvalue weighted by Gasteiger charge is -1.97. The molecule has 0 radical (unpaired) electrons. The average molecular weight is 174 g/mol. The summed E-state index contributed by atoms with van der Waals surface area (Å²) in [6, 6.07) is 8.60. The van der Waals surface area contributed by atoms with Gasteiger partial charge in [0.1, 0.15) is 0 Å². The Kier molecular flexibility index (Phi) is 2.46. The van der Waals surface area contributed by atoms with E-state index in [4.69, 9.17) is 5.11 Å². The van der Waals surface area contributed by atoms with Gasteiger partial charge in [-0.25, -0.2) is 0 Å². The molecule has 0 saturated heterocycles. The minimum Gasteiger partial charge on any atom is -0.392 e. The predicted molar refractivity (Wildman–Crippen MR) is 54.5 cm³/mol. The van der Waals surface area contributed by atoms with Gasteiger partial charge < -0.3 is 5.11 Å². The normalized spacial score (nSPS) is 16.7. The highest BCUT2D eigenvalue weighted by atomic mass is 16.2. The van der Waals surface area contributed by atoms with Crippen molar-refractivity contribution < 1.29 is 5.11 Å². The molecule has 0 aliphatic heterocycles. The molecular formula is C12H14O. The number of rotatable bonds is 3. The molecule has 68 valence electrons. The van der Waals surface area contributed by atoms with Gasteiger partial charge in [0, 0.05) is 0 Å². The molecule has 0 heterocycles. The van der Waals surface area contributed by atoms with Crippen LogP contribution in [-0.2, 0) is 0 Å². The van der Waals surface area contributed by atoms with E-state index in [-0.39, 0.29) is 6.61 Å². The van der Waals surface area contributed by atoms with Gasteiger partial charge in [-0.2, -0.15) is 0 Å². The molecule has 0 bridgehead atoms. The first-order chi connectivity index (χ1) is 6.40. The zero-order valence-corrected chi connectivity index (χ0v) is 7.61.